The average molecular weight is 366 g/mol. The minimum atomic E-state index is 0.0682. The Morgan fingerprint density at radius 2 is 1.78 bits per heavy atom. The van der Waals surface area contributed by atoms with E-state index < -0.39 is 0 Å². The van der Waals surface area contributed by atoms with Crippen LogP contribution in [0.15, 0.2) is 42.5 Å². The monoisotopic (exact) mass is 366 g/mol. The third-order valence-corrected chi connectivity index (χ3v) is 5.33. The lowest BCUT2D eigenvalue weighted by Crippen LogP contribution is -2.33. The van der Waals surface area contributed by atoms with E-state index in [-0.39, 0.29) is 5.91 Å². The van der Waals surface area contributed by atoms with E-state index in [1.807, 2.05) is 35.2 Å². The van der Waals surface area contributed by atoms with E-state index in [2.05, 4.69) is 17.0 Å². The Kier molecular flexibility index (Phi) is 5.19. The first-order valence-corrected chi connectivity index (χ1v) is 9.69. The van der Waals surface area contributed by atoms with Crippen molar-refractivity contribution >= 4 is 11.6 Å². The van der Waals surface area contributed by atoms with E-state index in [1.54, 1.807) is 7.11 Å². The second kappa shape index (κ2) is 7.91. The molecule has 5 nitrogen and oxygen atoms in total. The van der Waals surface area contributed by atoms with Gasteiger partial charge in [-0.25, -0.2) is 0 Å². The van der Waals surface area contributed by atoms with Crippen molar-refractivity contribution in [1.82, 2.24) is 4.90 Å². The second-order valence-electron chi connectivity index (χ2n) is 7.12. The normalized spacial score (nSPS) is 16.9. The summed E-state index contributed by atoms with van der Waals surface area (Å²) >= 11 is 0. The van der Waals surface area contributed by atoms with Gasteiger partial charge < -0.3 is 19.3 Å². The summed E-state index contributed by atoms with van der Waals surface area (Å²) in [4.78, 5) is 17.4. The Bertz CT molecular complexity index is 798. The van der Waals surface area contributed by atoms with Crippen LogP contribution in [-0.2, 0) is 6.54 Å². The van der Waals surface area contributed by atoms with Crippen LogP contribution in [0.5, 0.6) is 11.5 Å². The van der Waals surface area contributed by atoms with Gasteiger partial charge in [-0.1, -0.05) is 12.1 Å². The minimum Gasteiger partial charge on any atom is -0.493 e. The van der Waals surface area contributed by atoms with Gasteiger partial charge in [0, 0.05) is 43.0 Å². The fourth-order valence-electron chi connectivity index (χ4n) is 3.87. The van der Waals surface area contributed by atoms with E-state index in [0.717, 1.165) is 42.1 Å². The van der Waals surface area contributed by atoms with Crippen LogP contribution >= 0.6 is 0 Å². The number of anilines is 1. The lowest BCUT2D eigenvalue weighted by atomic mass is 10.1. The number of fused-ring (bicyclic) bond motifs is 1. The summed E-state index contributed by atoms with van der Waals surface area (Å²) in [7, 11) is 1.64. The minimum absolute atomic E-state index is 0.0682. The summed E-state index contributed by atoms with van der Waals surface area (Å²) < 4.78 is 11.3. The van der Waals surface area contributed by atoms with Gasteiger partial charge >= 0.3 is 0 Å². The molecule has 2 aliphatic rings. The molecule has 142 valence electrons. The first-order chi connectivity index (χ1) is 13.3. The highest BCUT2D eigenvalue weighted by Crippen LogP contribution is 2.33. The maximum Gasteiger partial charge on any atom is 0.254 e. The largest absolute Gasteiger partial charge is 0.493 e. The number of benzene rings is 2. The zero-order valence-corrected chi connectivity index (χ0v) is 15.8. The quantitative estimate of drug-likeness (QED) is 0.830. The number of para-hydroxylation sites is 1. The van der Waals surface area contributed by atoms with Crippen LogP contribution in [0.25, 0.3) is 0 Å². The van der Waals surface area contributed by atoms with E-state index >= 15 is 0 Å². The standard InChI is InChI=1S/C22H26N2O3/c1-26-20-7-4-6-18-16-24(14-5-15-27-21(18)20)22(25)17-8-10-19(11-9-17)23-12-2-3-13-23/h4,6-11H,2-3,5,12-16H2,1H3. The number of rotatable bonds is 3. The molecule has 2 aliphatic heterocycles. The Hall–Kier alpha value is -2.69. The third kappa shape index (κ3) is 3.72. The van der Waals surface area contributed by atoms with Crippen LogP contribution in [0, 0.1) is 0 Å². The molecule has 0 N–H and O–H groups in total. The van der Waals surface area contributed by atoms with Crippen molar-refractivity contribution in [3.63, 3.8) is 0 Å². The van der Waals surface area contributed by atoms with Crippen LogP contribution < -0.4 is 14.4 Å². The lowest BCUT2D eigenvalue weighted by molar-refractivity contribution is 0.0721. The predicted octanol–water partition coefficient (Wildman–Crippen LogP) is 3.72. The third-order valence-electron chi connectivity index (χ3n) is 5.33. The van der Waals surface area contributed by atoms with Crippen LogP contribution in [0.1, 0.15) is 35.2 Å². The zero-order valence-electron chi connectivity index (χ0n) is 15.8. The molecule has 1 amide bonds. The van der Waals surface area contributed by atoms with Gasteiger partial charge in [0.05, 0.1) is 13.7 Å². The highest BCUT2D eigenvalue weighted by Gasteiger charge is 2.22. The zero-order chi connectivity index (χ0) is 18.6. The fraction of sp³-hybridized carbons (Fsp3) is 0.409. The Labute approximate surface area is 160 Å². The van der Waals surface area contributed by atoms with Crippen LogP contribution in [0.2, 0.25) is 0 Å². The van der Waals surface area contributed by atoms with Gasteiger partial charge in [-0.3, -0.25) is 4.79 Å². The summed E-state index contributed by atoms with van der Waals surface area (Å²) in [6.07, 6.45) is 3.30. The van der Waals surface area contributed by atoms with Gasteiger partial charge in [0.1, 0.15) is 0 Å². The molecule has 0 unspecified atom stereocenters. The van der Waals surface area contributed by atoms with E-state index in [4.69, 9.17) is 9.47 Å². The number of nitrogens with zero attached hydrogens (tertiary/aromatic N) is 2. The maximum absolute atomic E-state index is 13.1. The molecule has 0 radical (unpaired) electrons. The van der Waals surface area contributed by atoms with Gasteiger partial charge in [-0.15, -0.1) is 0 Å². The number of hydrogen-bond donors (Lipinski definition) is 0. The lowest BCUT2D eigenvalue weighted by Gasteiger charge is -2.27. The number of amides is 1. The summed E-state index contributed by atoms with van der Waals surface area (Å²) in [5.74, 6) is 1.54. The maximum atomic E-state index is 13.1. The molecule has 0 saturated carbocycles. The van der Waals surface area contributed by atoms with Gasteiger partial charge in [0.2, 0.25) is 0 Å². The van der Waals surface area contributed by atoms with Crippen molar-refractivity contribution in [2.75, 3.05) is 38.3 Å². The van der Waals surface area contributed by atoms with Crippen LogP contribution in [-0.4, -0.2) is 44.2 Å². The van der Waals surface area contributed by atoms with Crippen molar-refractivity contribution < 1.29 is 14.3 Å². The molecule has 0 aromatic heterocycles. The molecule has 0 atom stereocenters. The molecule has 2 aromatic rings. The predicted molar refractivity (Wildman–Crippen MR) is 106 cm³/mol. The summed E-state index contributed by atoms with van der Waals surface area (Å²) in [5, 5.41) is 0. The van der Waals surface area contributed by atoms with Gasteiger partial charge in [0.25, 0.3) is 5.91 Å². The number of hydrogen-bond acceptors (Lipinski definition) is 4. The van der Waals surface area contributed by atoms with Crippen molar-refractivity contribution in [2.24, 2.45) is 0 Å². The summed E-state index contributed by atoms with van der Waals surface area (Å²) in [6.45, 7) is 4.00. The Balaban J connectivity index is 1.54. The van der Waals surface area contributed by atoms with E-state index in [1.165, 1.54) is 18.5 Å². The Morgan fingerprint density at radius 1 is 1.00 bits per heavy atom. The first-order valence-electron chi connectivity index (χ1n) is 9.69. The van der Waals surface area contributed by atoms with Gasteiger partial charge in [-0.05, 0) is 49.6 Å². The van der Waals surface area contributed by atoms with Crippen LogP contribution in [0.4, 0.5) is 5.69 Å². The molecule has 1 fully saturated rings. The fourth-order valence-corrected chi connectivity index (χ4v) is 3.87. The number of carbonyl (C=O) groups excluding carboxylic acids is 1. The summed E-state index contributed by atoms with van der Waals surface area (Å²) in [6, 6.07) is 13.9. The number of carbonyl (C=O) groups is 1. The summed E-state index contributed by atoms with van der Waals surface area (Å²) in [5.41, 5.74) is 2.93. The molecule has 1 saturated heterocycles. The number of methoxy groups -OCH3 is 1. The Morgan fingerprint density at radius 3 is 2.52 bits per heavy atom. The molecule has 0 bridgehead atoms. The molecule has 0 aliphatic carbocycles. The highest BCUT2D eigenvalue weighted by atomic mass is 16.5. The molecule has 2 heterocycles. The second-order valence-corrected chi connectivity index (χ2v) is 7.12. The van der Waals surface area contributed by atoms with Crippen molar-refractivity contribution in [2.45, 2.75) is 25.8 Å². The SMILES string of the molecule is COc1cccc2c1OCCCN(C(=O)c1ccc(N3CCCC3)cc1)C2. The first kappa shape index (κ1) is 17.7. The van der Waals surface area contributed by atoms with Crippen LogP contribution in [0.3, 0.4) is 0 Å². The van der Waals surface area contributed by atoms with Crippen molar-refractivity contribution in [3.8, 4) is 11.5 Å². The molecule has 2 aromatic carbocycles. The highest BCUT2D eigenvalue weighted by molar-refractivity contribution is 5.94. The smallest absolute Gasteiger partial charge is 0.254 e. The van der Waals surface area contributed by atoms with Gasteiger partial charge in [-0.2, -0.15) is 0 Å². The topological polar surface area (TPSA) is 42.0 Å². The molecular weight excluding hydrogens is 340 g/mol. The molecule has 27 heavy (non-hydrogen) atoms. The van der Waals surface area contributed by atoms with Crippen molar-refractivity contribution in [1.29, 1.82) is 0 Å². The molecule has 5 heteroatoms. The van der Waals surface area contributed by atoms with Gasteiger partial charge in [0.15, 0.2) is 11.5 Å². The van der Waals surface area contributed by atoms with Crippen molar-refractivity contribution in [3.05, 3.63) is 53.6 Å². The molecule has 0 spiro atoms. The average Bonchev–Trinajstić information content (AvgIpc) is 3.22. The molecular formula is C22H26N2O3. The van der Waals surface area contributed by atoms with E-state index in [0.29, 0.717) is 19.7 Å². The van der Waals surface area contributed by atoms with E-state index in [9.17, 15) is 4.79 Å². The number of ether oxygens (including phenoxy) is 2. The molecule has 4 rings (SSSR count).